The van der Waals surface area contributed by atoms with E-state index in [1.807, 2.05) is 0 Å². The molecule has 4 nitrogen and oxygen atoms in total. The van der Waals surface area contributed by atoms with Gasteiger partial charge in [-0.15, -0.1) is 0 Å². The number of fused-ring (bicyclic) bond motifs is 5. The van der Waals surface area contributed by atoms with Gasteiger partial charge in [-0.1, -0.05) is 18.6 Å². The van der Waals surface area contributed by atoms with Gasteiger partial charge >= 0.3 is 0 Å². The van der Waals surface area contributed by atoms with Crippen molar-refractivity contribution < 1.29 is 14.2 Å². The summed E-state index contributed by atoms with van der Waals surface area (Å²) in [5.74, 6) is 3.10. The Morgan fingerprint density at radius 2 is 1.68 bits per heavy atom. The Morgan fingerprint density at radius 1 is 0.929 bits per heavy atom. The fourth-order valence-corrected chi connectivity index (χ4v) is 6.10. The predicted molar refractivity (Wildman–Crippen MR) is 110 cm³/mol. The molecule has 2 saturated heterocycles. The lowest BCUT2D eigenvalue weighted by molar-refractivity contribution is 0.0682. The van der Waals surface area contributed by atoms with Crippen molar-refractivity contribution in [1.29, 1.82) is 0 Å². The van der Waals surface area contributed by atoms with Crippen LogP contribution in [0.2, 0.25) is 0 Å². The summed E-state index contributed by atoms with van der Waals surface area (Å²) < 4.78 is 16.7. The minimum atomic E-state index is 0.0388. The number of nitrogens with zero attached hydrogens (tertiary/aromatic N) is 1. The van der Waals surface area contributed by atoms with Crippen LogP contribution in [0.25, 0.3) is 0 Å². The van der Waals surface area contributed by atoms with E-state index in [0.29, 0.717) is 12.0 Å². The van der Waals surface area contributed by atoms with Crippen molar-refractivity contribution >= 4 is 0 Å². The summed E-state index contributed by atoms with van der Waals surface area (Å²) in [7, 11) is 5.18. The van der Waals surface area contributed by atoms with Crippen molar-refractivity contribution in [2.45, 2.75) is 49.6 Å². The third-order valence-corrected chi connectivity index (χ3v) is 7.29. The van der Waals surface area contributed by atoms with Gasteiger partial charge in [0.1, 0.15) is 5.75 Å². The third kappa shape index (κ3) is 2.40. The zero-order valence-corrected chi connectivity index (χ0v) is 17.0. The Balaban J connectivity index is 1.66. The largest absolute Gasteiger partial charge is 0.497 e. The normalized spacial score (nSPS) is 28.4. The van der Waals surface area contributed by atoms with E-state index < -0.39 is 0 Å². The number of rotatable bonds is 4. The van der Waals surface area contributed by atoms with Gasteiger partial charge < -0.3 is 14.2 Å². The molecular formula is C24H29NO3. The minimum absolute atomic E-state index is 0.0388. The van der Waals surface area contributed by atoms with E-state index in [2.05, 4.69) is 41.3 Å². The summed E-state index contributed by atoms with van der Waals surface area (Å²) in [5, 5.41) is 0. The SMILES string of the molecule is COc1ccc([C@]23Cc4cc(OC)c(OC)cc4[C@@H]2CC2CCCCN23)cc1. The second kappa shape index (κ2) is 6.70. The van der Waals surface area contributed by atoms with E-state index >= 15 is 0 Å². The first-order valence-corrected chi connectivity index (χ1v) is 10.4. The Labute approximate surface area is 167 Å². The highest BCUT2D eigenvalue weighted by atomic mass is 16.5. The molecule has 2 aromatic rings. The van der Waals surface area contributed by atoms with Gasteiger partial charge in [0.05, 0.1) is 26.9 Å². The zero-order valence-electron chi connectivity index (χ0n) is 17.0. The van der Waals surface area contributed by atoms with Crippen LogP contribution in [0.4, 0.5) is 0 Å². The molecule has 0 bridgehead atoms. The number of benzene rings is 2. The molecule has 2 heterocycles. The molecule has 0 saturated carbocycles. The van der Waals surface area contributed by atoms with Crippen molar-refractivity contribution in [3.63, 3.8) is 0 Å². The Hall–Kier alpha value is -2.20. The lowest BCUT2D eigenvalue weighted by Crippen LogP contribution is -2.48. The zero-order chi connectivity index (χ0) is 19.3. The molecule has 1 aliphatic carbocycles. The standard InChI is InChI=1S/C24H29NO3/c1-26-19-9-7-17(8-10-19)24-15-16-12-22(27-2)23(28-3)14-20(16)21(24)13-18-6-4-5-11-25(18)24/h7-10,12,14,18,21H,4-6,11,13,15H2,1-3H3/t18?,21-,24+/m0/s1. The summed E-state index contributed by atoms with van der Waals surface area (Å²) in [5.41, 5.74) is 4.30. The molecule has 3 atom stereocenters. The lowest BCUT2D eigenvalue weighted by Gasteiger charge is -2.44. The van der Waals surface area contributed by atoms with Crippen molar-refractivity contribution in [2.75, 3.05) is 27.9 Å². The summed E-state index contributed by atoms with van der Waals surface area (Å²) in [6, 6.07) is 13.9. The van der Waals surface area contributed by atoms with Gasteiger partial charge in [-0.3, -0.25) is 4.90 Å². The van der Waals surface area contributed by atoms with Crippen LogP contribution in [0.15, 0.2) is 36.4 Å². The Kier molecular flexibility index (Phi) is 4.27. The molecule has 2 aliphatic heterocycles. The molecule has 0 radical (unpaired) electrons. The average molecular weight is 380 g/mol. The van der Waals surface area contributed by atoms with Gasteiger partial charge in [0.25, 0.3) is 0 Å². The van der Waals surface area contributed by atoms with Gasteiger partial charge in [0, 0.05) is 12.0 Å². The first-order chi connectivity index (χ1) is 13.7. The van der Waals surface area contributed by atoms with Crippen molar-refractivity contribution in [1.82, 2.24) is 4.90 Å². The fraction of sp³-hybridized carbons (Fsp3) is 0.500. The average Bonchev–Trinajstić information content (AvgIpc) is 3.24. The number of methoxy groups -OCH3 is 3. The molecular weight excluding hydrogens is 350 g/mol. The number of ether oxygens (including phenoxy) is 3. The van der Waals surface area contributed by atoms with Crippen molar-refractivity contribution in [3.8, 4) is 17.2 Å². The molecule has 5 rings (SSSR count). The highest BCUT2D eigenvalue weighted by Crippen LogP contribution is 2.61. The highest BCUT2D eigenvalue weighted by molar-refractivity contribution is 5.56. The molecule has 3 aliphatic rings. The maximum atomic E-state index is 5.64. The number of piperidine rings is 1. The van der Waals surface area contributed by atoms with Gasteiger partial charge in [0.2, 0.25) is 0 Å². The molecule has 2 aromatic carbocycles. The predicted octanol–water partition coefficient (Wildman–Crippen LogP) is 4.51. The minimum Gasteiger partial charge on any atom is -0.497 e. The number of hydrogen-bond donors (Lipinski definition) is 0. The van der Waals surface area contributed by atoms with Crippen LogP contribution < -0.4 is 14.2 Å². The maximum absolute atomic E-state index is 5.64. The Bertz CT molecular complexity index is 878. The molecule has 0 aromatic heterocycles. The highest BCUT2D eigenvalue weighted by Gasteiger charge is 2.58. The van der Waals surface area contributed by atoms with E-state index in [9.17, 15) is 0 Å². The Morgan fingerprint density at radius 3 is 2.39 bits per heavy atom. The van der Waals surface area contributed by atoms with E-state index in [1.165, 1.54) is 48.9 Å². The molecule has 0 N–H and O–H groups in total. The second-order valence-electron chi connectivity index (χ2n) is 8.37. The van der Waals surface area contributed by atoms with Crippen LogP contribution in [0.1, 0.15) is 48.3 Å². The van der Waals surface area contributed by atoms with Crippen molar-refractivity contribution in [2.24, 2.45) is 0 Å². The van der Waals surface area contributed by atoms with Gasteiger partial charge in [-0.05, 0) is 73.2 Å². The topological polar surface area (TPSA) is 30.9 Å². The third-order valence-electron chi connectivity index (χ3n) is 7.29. The molecule has 4 heteroatoms. The molecule has 148 valence electrons. The van der Waals surface area contributed by atoms with Crippen LogP contribution in [0.3, 0.4) is 0 Å². The monoisotopic (exact) mass is 379 g/mol. The van der Waals surface area contributed by atoms with Crippen LogP contribution in [-0.4, -0.2) is 38.8 Å². The van der Waals surface area contributed by atoms with Crippen LogP contribution >= 0.6 is 0 Å². The molecule has 2 fully saturated rings. The maximum Gasteiger partial charge on any atom is 0.161 e. The first kappa shape index (κ1) is 17.9. The second-order valence-corrected chi connectivity index (χ2v) is 8.37. The van der Waals surface area contributed by atoms with E-state index in [0.717, 1.165) is 23.7 Å². The van der Waals surface area contributed by atoms with Gasteiger partial charge in [0.15, 0.2) is 11.5 Å². The fourth-order valence-electron chi connectivity index (χ4n) is 6.10. The molecule has 0 spiro atoms. The molecule has 0 amide bonds. The molecule has 1 unspecified atom stereocenters. The van der Waals surface area contributed by atoms with Gasteiger partial charge in [-0.25, -0.2) is 0 Å². The summed E-state index contributed by atoms with van der Waals surface area (Å²) >= 11 is 0. The van der Waals surface area contributed by atoms with E-state index in [-0.39, 0.29) is 5.54 Å². The van der Waals surface area contributed by atoms with E-state index in [1.54, 1.807) is 21.3 Å². The van der Waals surface area contributed by atoms with Gasteiger partial charge in [-0.2, -0.15) is 0 Å². The van der Waals surface area contributed by atoms with Crippen LogP contribution in [0, 0.1) is 0 Å². The van der Waals surface area contributed by atoms with Crippen LogP contribution in [0.5, 0.6) is 17.2 Å². The lowest BCUT2D eigenvalue weighted by atomic mass is 9.79. The summed E-state index contributed by atoms with van der Waals surface area (Å²) in [6.07, 6.45) is 6.23. The van der Waals surface area contributed by atoms with Crippen LogP contribution in [-0.2, 0) is 12.0 Å². The summed E-state index contributed by atoms with van der Waals surface area (Å²) in [6.45, 7) is 1.19. The quantitative estimate of drug-likeness (QED) is 0.782. The molecule has 28 heavy (non-hydrogen) atoms. The summed E-state index contributed by atoms with van der Waals surface area (Å²) in [4.78, 5) is 2.82. The smallest absolute Gasteiger partial charge is 0.161 e. The van der Waals surface area contributed by atoms with Crippen molar-refractivity contribution in [3.05, 3.63) is 53.1 Å². The first-order valence-electron chi connectivity index (χ1n) is 10.4. The number of hydrogen-bond acceptors (Lipinski definition) is 4. The van der Waals surface area contributed by atoms with E-state index in [4.69, 9.17) is 14.2 Å².